The molecule has 3 rings (SSSR count). The first-order valence-corrected chi connectivity index (χ1v) is 6.70. The third kappa shape index (κ3) is 1.57. The van der Waals surface area contributed by atoms with Crippen LogP contribution in [-0.4, -0.2) is 24.8 Å². The summed E-state index contributed by atoms with van der Waals surface area (Å²) in [5.41, 5.74) is 5.60. The van der Waals surface area contributed by atoms with E-state index in [1.54, 1.807) is 0 Å². The van der Waals surface area contributed by atoms with Crippen LogP contribution in [0.2, 0.25) is 0 Å². The molecule has 2 bridgehead atoms. The second-order valence-corrected chi connectivity index (χ2v) is 6.13. The third-order valence-corrected chi connectivity index (χ3v) is 5.35. The highest BCUT2D eigenvalue weighted by atomic mass is 32.2. The molecule has 0 amide bonds. The van der Waals surface area contributed by atoms with Crippen molar-refractivity contribution in [1.29, 1.82) is 0 Å². The van der Waals surface area contributed by atoms with Gasteiger partial charge in [0.25, 0.3) is 10.1 Å². The monoisotopic (exact) mass is 219 g/mol. The van der Waals surface area contributed by atoms with E-state index in [1.807, 2.05) is 0 Å². The number of rotatable bonds is 2. The lowest BCUT2D eigenvalue weighted by atomic mass is 9.64. The third-order valence-electron chi connectivity index (χ3n) is 3.92. The Morgan fingerprint density at radius 1 is 1.14 bits per heavy atom. The second-order valence-electron chi connectivity index (χ2n) is 4.55. The van der Waals surface area contributed by atoms with Crippen LogP contribution in [0.15, 0.2) is 0 Å². The Kier molecular flexibility index (Phi) is 2.57. The summed E-state index contributed by atoms with van der Waals surface area (Å²) in [4.78, 5) is 0. The van der Waals surface area contributed by atoms with Gasteiger partial charge in [-0.2, -0.15) is 8.42 Å². The molecule has 2 unspecified atom stereocenters. The largest absolute Gasteiger partial charge is 0.330 e. The zero-order valence-corrected chi connectivity index (χ0v) is 8.91. The maximum Gasteiger partial charge on any atom is 0.268 e. The molecule has 0 aromatic rings. The molecular weight excluding hydrogens is 202 g/mol. The van der Waals surface area contributed by atoms with E-state index in [-0.39, 0.29) is 11.8 Å². The highest BCUT2D eigenvalue weighted by molar-refractivity contribution is 7.86. The van der Waals surface area contributed by atoms with Crippen molar-refractivity contribution in [2.45, 2.75) is 30.9 Å². The fourth-order valence-corrected chi connectivity index (χ4v) is 4.84. The lowest BCUT2D eigenvalue weighted by Gasteiger charge is -2.46. The van der Waals surface area contributed by atoms with Gasteiger partial charge in [0, 0.05) is 0 Å². The molecule has 4 nitrogen and oxygen atoms in total. The summed E-state index contributed by atoms with van der Waals surface area (Å²) >= 11 is 0. The summed E-state index contributed by atoms with van der Waals surface area (Å²) in [6.07, 6.45) is 4.04. The van der Waals surface area contributed by atoms with Crippen LogP contribution < -0.4 is 5.73 Å². The predicted molar refractivity (Wildman–Crippen MR) is 53.3 cm³/mol. The van der Waals surface area contributed by atoms with Crippen LogP contribution in [0.4, 0.5) is 0 Å². The van der Waals surface area contributed by atoms with Gasteiger partial charge in [-0.25, -0.2) is 0 Å². The molecule has 0 aliphatic heterocycles. The van der Waals surface area contributed by atoms with Gasteiger partial charge in [-0.05, 0) is 50.0 Å². The molecule has 0 spiro atoms. The lowest BCUT2D eigenvalue weighted by molar-refractivity contribution is 0.104. The molecule has 2 atom stereocenters. The minimum Gasteiger partial charge on any atom is -0.330 e. The van der Waals surface area contributed by atoms with E-state index in [4.69, 9.17) is 5.73 Å². The van der Waals surface area contributed by atoms with Crippen molar-refractivity contribution in [2.75, 3.05) is 6.54 Å². The average Bonchev–Trinajstić information content (AvgIpc) is 2.16. The van der Waals surface area contributed by atoms with Crippen molar-refractivity contribution in [3.8, 4) is 0 Å². The van der Waals surface area contributed by atoms with Crippen LogP contribution in [0.5, 0.6) is 0 Å². The van der Waals surface area contributed by atoms with Gasteiger partial charge in [-0.1, -0.05) is 0 Å². The first-order valence-electron chi connectivity index (χ1n) is 5.20. The Balaban J connectivity index is 2.29. The molecule has 14 heavy (non-hydrogen) atoms. The van der Waals surface area contributed by atoms with Crippen LogP contribution in [0.25, 0.3) is 0 Å². The standard InChI is InChI=1S/C9H17NO3S/c10-5-8-6-1-3-7(4-2-6)9(8)14(11,12)13/h6-9H,1-5,10H2,(H,11,12,13). The molecule has 0 heterocycles. The Labute approximate surface area is 84.6 Å². The topological polar surface area (TPSA) is 80.4 Å². The quantitative estimate of drug-likeness (QED) is 0.668. The Hall–Kier alpha value is -0.130. The second kappa shape index (κ2) is 3.47. The van der Waals surface area contributed by atoms with E-state index in [0.29, 0.717) is 12.5 Å². The molecule has 82 valence electrons. The van der Waals surface area contributed by atoms with E-state index in [0.717, 1.165) is 25.7 Å². The summed E-state index contributed by atoms with van der Waals surface area (Å²) in [7, 11) is -3.90. The first kappa shape index (κ1) is 10.4. The lowest BCUT2D eigenvalue weighted by Crippen LogP contribution is -2.50. The van der Waals surface area contributed by atoms with E-state index >= 15 is 0 Å². The van der Waals surface area contributed by atoms with Crippen molar-refractivity contribution < 1.29 is 13.0 Å². The van der Waals surface area contributed by atoms with Crippen molar-refractivity contribution in [3.63, 3.8) is 0 Å². The summed E-state index contributed by atoms with van der Waals surface area (Å²) in [5, 5.41) is -0.583. The van der Waals surface area contributed by atoms with Crippen LogP contribution in [-0.2, 0) is 10.1 Å². The summed E-state index contributed by atoms with van der Waals surface area (Å²) < 4.78 is 31.7. The Bertz CT molecular complexity index is 306. The number of hydrogen-bond acceptors (Lipinski definition) is 3. The molecule has 3 fully saturated rings. The van der Waals surface area contributed by atoms with Crippen LogP contribution in [0.1, 0.15) is 25.7 Å². The van der Waals surface area contributed by atoms with Gasteiger partial charge < -0.3 is 5.73 Å². The smallest absolute Gasteiger partial charge is 0.268 e. The van der Waals surface area contributed by atoms with Crippen LogP contribution in [0.3, 0.4) is 0 Å². The first-order chi connectivity index (χ1) is 6.54. The Morgan fingerprint density at radius 3 is 2.00 bits per heavy atom. The van der Waals surface area contributed by atoms with Crippen LogP contribution >= 0.6 is 0 Å². The maximum absolute atomic E-state index is 11.2. The average molecular weight is 219 g/mol. The molecule has 0 radical (unpaired) electrons. The zero-order chi connectivity index (χ0) is 10.3. The zero-order valence-electron chi connectivity index (χ0n) is 8.09. The van der Waals surface area contributed by atoms with E-state index in [9.17, 15) is 13.0 Å². The normalized spacial score (nSPS) is 42.7. The predicted octanol–water partition coefficient (Wildman–Crippen LogP) is 0.638. The van der Waals surface area contributed by atoms with Gasteiger partial charge in [-0.3, -0.25) is 4.55 Å². The van der Waals surface area contributed by atoms with Crippen molar-refractivity contribution in [2.24, 2.45) is 23.5 Å². The van der Waals surface area contributed by atoms with Gasteiger partial charge in [0.2, 0.25) is 0 Å². The van der Waals surface area contributed by atoms with Gasteiger partial charge in [0.1, 0.15) is 0 Å². The highest BCUT2D eigenvalue weighted by Gasteiger charge is 2.48. The Morgan fingerprint density at radius 2 is 1.64 bits per heavy atom. The van der Waals surface area contributed by atoms with Crippen molar-refractivity contribution in [3.05, 3.63) is 0 Å². The molecule has 3 saturated carbocycles. The summed E-state index contributed by atoms with van der Waals surface area (Å²) in [5.74, 6) is 0.540. The van der Waals surface area contributed by atoms with E-state index in [1.165, 1.54) is 0 Å². The van der Waals surface area contributed by atoms with Gasteiger partial charge in [0.15, 0.2) is 0 Å². The highest BCUT2D eigenvalue weighted by Crippen LogP contribution is 2.47. The molecule has 5 heteroatoms. The number of hydrogen-bond donors (Lipinski definition) is 2. The molecule has 0 aromatic carbocycles. The summed E-state index contributed by atoms with van der Waals surface area (Å²) in [6, 6.07) is 0. The molecule has 0 saturated heterocycles. The fraction of sp³-hybridized carbons (Fsp3) is 1.00. The van der Waals surface area contributed by atoms with Gasteiger partial charge in [-0.15, -0.1) is 0 Å². The van der Waals surface area contributed by atoms with E-state index in [2.05, 4.69) is 0 Å². The number of fused-ring (bicyclic) bond motifs is 3. The van der Waals surface area contributed by atoms with Crippen LogP contribution in [0, 0.1) is 17.8 Å². The number of nitrogens with two attached hydrogens (primary N) is 1. The molecule has 3 aliphatic rings. The van der Waals surface area contributed by atoms with Crippen molar-refractivity contribution >= 4 is 10.1 Å². The molecule has 0 aromatic heterocycles. The minimum absolute atomic E-state index is 0.0162. The minimum atomic E-state index is -3.90. The van der Waals surface area contributed by atoms with Gasteiger partial charge >= 0.3 is 0 Å². The molecular formula is C9H17NO3S. The van der Waals surface area contributed by atoms with Gasteiger partial charge in [0.05, 0.1) is 5.25 Å². The fourth-order valence-electron chi connectivity index (χ4n) is 3.31. The SMILES string of the molecule is NCC1C2CCC(CC2)C1S(=O)(=O)O. The summed E-state index contributed by atoms with van der Waals surface area (Å²) in [6.45, 7) is 0.381. The molecule has 3 aliphatic carbocycles. The maximum atomic E-state index is 11.2. The van der Waals surface area contributed by atoms with E-state index < -0.39 is 15.4 Å². The molecule has 3 N–H and O–H groups in total. The van der Waals surface area contributed by atoms with Crippen molar-refractivity contribution in [1.82, 2.24) is 0 Å².